The van der Waals surface area contributed by atoms with Crippen LogP contribution in [0.5, 0.6) is 5.75 Å². The number of anilines is 1. The van der Waals surface area contributed by atoms with E-state index in [9.17, 15) is 26.4 Å². The van der Waals surface area contributed by atoms with Gasteiger partial charge in [-0.3, -0.25) is 9.10 Å². The molecular weight excluding hydrogens is 529 g/mol. The number of halogens is 4. The lowest BCUT2D eigenvalue weighted by Gasteiger charge is -2.26. The number of carbonyl (C=O) groups excluding carboxylic acids is 1. The van der Waals surface area contributed by atoms with Crippen LogP contribution >= 0.6 is 11.6 Å². The smallest absolute Gasteiger partial charge is 0.416 e. The molecule has 1 amide bonds. The monoisotopic (exact) mass is 554 g/mol. The molecule has 3 rings (SSSR count). The normalized spacial score (nSPS) is 11.7. The van der Waals surface area contributed by atoms with Crippen molar-refractivity contribution in [1.82, 2.24) is 5.32 Å². The molecule has 198 valence electrons. The molecule has 0 unspecified atom stereocenters. The Kier molecular flexibility index (Phi) is 9.45. The molecule has 0 saturated carbocycles. The Morgan fingerprint density at radius 1 is 1.03 bits per heavy atom. The minimum Gasteiger partial charge on any atom is -0.494 e. The van der Waals surface area contributed by atoms with Crippen LogP contribution < -0.4 is 14.4 Å². The number of benzene rings is 3. The lowest BCUT2D eigenvalue weighted by Crippen LogP contribution is -2.41. The topological polar surface area (TPSA) is 75.7 Å². The van der Waals surface area contributed by atoms with Crippen molar-refractivity contribution in [2.45, 2.75) is 30.8 Å². The third kappa shape index (κ3) is 7.62. The maximum atomic E-state index is 13.4. The first kappa shape index (κ1) is 28.3. The zero-order chi connectivity index (χ0) is 27.1. The fourth-order valence-corrected chi connectivity index (χ4v) is 5.25. The summed E-state index contributed by atoms with van der Waals surface area (Å²) >= 11 is 6.13. The second kappa shape index (κ2) is 12.3. The van der Waals surface area contributed by atoms with Gasteiger partial charge in [-0.05, 0) is 67.8 Å². The van der Waals surface area contributed by atoms with Gasteiger partial charge in [-0.15, -0.1) is 0 Å². The number of nitrogens with one attached hydrogen (secondary N) is 1. The molecule has 0 atom stereocenters. The van der Waals surface area contributed by atoms with E-state index in [1.807, 2.05) is 31.2 Å². The largest absolute Gasteiger partial charge is 0.494 e. The second-order valence-electron chi connectivity index (χ2n) is 8.02. The SMILES string of the molecule is CCOc1ccc(CCCNC(=O)CN(c2cc(C(F)(F)F)ccc2Cl)S(=O)(=O)c2ccccc2)cc1. The maximum Gasteiger partial charge on any atom is 0.416 e. The van der Waals surface area contributed by atoms with Gasteiger partial charge >= 0.3 is 6.18 Å². The number of hydrogen-bond acceptors (Lipinski definition) is 4. The standard InChI is InChI=1S/C26H26ClF3N2O4S/c1-2-36-21-13-10-19(11-14-21)7-6-16-31-25(33)18-32(37(34,35)22-8-4-3-5-9-22)24-17-20(26(28,29)30)12-15-23(24)27/h3-5,8-15,17H,2,6-7,16,18H2,1H3,(H,31,33). The summed E-state index contributed by atoms with van der Waals surface area (Å²) in [5, 5.41) is 2.40. The van der Waals surface area contributed by atoms with Crippen LogP contribution in [-0.4, -0.2) is 34.0 Å². The van der Waals surface area contributed by atoms with E-state index >= 15 is 0 Å². The summed E-state index contributed by atoms with van der Waals surface area (Å²) in [7, 11) is -4.41. The summed E-state index contributed by atoms with van der Waals surface area (Å²) in [6.45, 7) is 1.95. The van der Waals surface area contributed by atoms with Gasteiger partial charge in [0.15, 0.2) is 0 Å². The van der Waals surface area contributed by atoms with E-state index in [-0.39, 0.29) is 16.5 Å². The summed E-state index contributed by atoms with van der Waals surface area (Å²) in [6, 6.07) is 17.0. The van der Waals surface area contributed by atoms with Crippen LogP contribution in [0.2, 0.25) is 5.02 Å². The summed E-state index contributed by atoms with van der Waals surface area (Å²) in [4.78, 5) is 12.5. The van der Waals surface area contributed by atoms with Crippen LogP contribution in [0.25, 0.3) is 0 Å². The highest BCUT2D eigenvalue weighted by Gasteiger charge is 2.34. The van der Waals surface area contributed by atoms with Gasteiger partial charge < -0.3 is 10.1 Å². The zero-order valence-corrected chi connectivity index (χ0v) is 21.5. The van der Waals surface area contributed by atoms with Crippen molar-refractivity contribution >= 4 is 33.2 Å². The number of nitrogens with zero attached hydrogens (tertiary/aromatic N) is 1. The first-order valence-corrected chi connectivity index (χ1v) is 13.3. The molecule has 6 nitrogen and oxygen atoms in total. The Balaban J connectivity index is 1.76. The fourth-order valence-electron chi connectivity index (χ4n) is 3.53. The maximum absolute atomic E-state index is 13.4. The van der Waals surface area contributed by atoms with E-state index < -0.39 is 39.9 Å². The molecule has 0 spiro atoms. The van der Waals surface area contributed by atoms with Gasteiger partial charge in [0.25, 0.3) is 10.0 Å². The number of rotatable bonds is 11. The molecule has 0 heterocycles. The van der Waals surface area contributed by atoms with E-state index in [1.165, 1.54) is 24.3 Å². The van der Waals surface area contributed by atoms with Crippen molar-refractivity contribution in [3.8, 4) is 5.75 Å². The number of sulfonamides is 1. The van der Waals surface area contributed by atoms with Crippen LogP contribution in [0.15, 0.2) is 77.7 Å². The predicted molar refractivity (Wildman–Crippen MR) is 136 cm³/mol. The Morgan fingerprint density at radius 2 is 1.70 bits per heavy atom. The Labute approximate surface area is 219 Å². The summed E-state index contributed by atoms with van der Waals surface area (Å²) < 4.78 is 72.8. The van der Waals surface area contributed by atoms with Crippen molar-refractivity contribution in [2.75, 3.05) is 24.0 Å². The van der Waals surface area contributed by atoms with Crippen molar-refractivity contribution in [1.29, 1.82) is 0 Å². The number of hydrogen-bond donors (Lipinski definition) is 1. The first-order valence-electron chi connectivity index (χ1n) is 11.5. The van der Waals surface area contributed by atoms with E-state index in [0.717, 1.165) is 23.4 Å². The third-order valence-corrected chi connectivity index (χ3v) is 7.45. The average molecular weight is 555 g/mol. The van der Waals surface area contributed by atoms with Crippen molar-refractivity contribution < 1.29 is 31.1 Å². The molecule has 0 aliphatic heterocycles. The highest BCUT2D eigenvalue weighted by Crippen LogP contribution is 2.37. The van der Waals surface area contributed by atoms with Gasteiger partial charge in [0.2, 0.25) is 5.91 Å². The number of carbonyl (C=O) groups is 1. The van der Waals surface area contributed by atoms with Gasteiger partial charge in [0.1, 0.15) is 12.3 Å². The second-order valence-corrected chi connectivity index (χ2v) is 10.3. The Morgan fingerprint density at radius 3 is 2.32 bits per heavy atom. The fraction of sp³-hybridized carbons (Fsp3) is 0.269. The highest BCUT2D eigenvalue weighted by molar-refractivity contribution is 7.92. The number of aryl methyl sites for hydroxylation is 1. The molecule has 0 aliphatic carbocycles. The molecule has 0 radical (unpaired) electrons. The number of alkyl halides is 3. The zero-order valence-electron chi connectivity index (χ0n) is 20.0. The van der Waals surface area contributed by atoms with E-state index in [0.29, 0.717) is 29.8 Å². The van der Waals surface area contributed by atoms with Gasteiger partial charge in [-0.25, -0.2) is 8.42 Å². The molecule has 11 heteroatoms. The quantitative estimate of drug-likeness (QED) is 0.308. The molecule has 1 N–H and O–H groups in total. The van der Waals surface area contributed by atoms with Crippen LogP contribution in [-0.2, 0) is 27.4 Å². The van der Waals surface area contributed by atoms with E-state index in [4.69, 9.17) is 16.3 Å². The molecular formula is C26H26ClF3N2O4S. The number of ether oxygens (including phenoxy) is 1. The van der Waals surface area contributed by atoms with Crippen LogP contribution in [0.3, 0.4) is 0 Å². The summed E-state index contributed by atoms with van der Waals surface area (Å²) in [5.74, 6) is 0.0761. The van der Waals surface area contributed by atoms with Gasteiger partial charge in [0.05, 0.1) is 27.8 Å². The molecule has 0 saturated heterocycles. The van der Waals surface area contributed by atoms with Gasteiger partial charge in [-0.1, -0.05) is 41.9 Å². The Hall–Kier alpha value is -3.24. The van der Waals surface area contributed by atoms with Crippen LogP contribution in [0.1, 0.15) is 24.5 Å². The minimum absolute atomic E-state index is 0.188. The Bertz CT molecular complexity index is 1300. The van der Waals surface area contributed by atoms with E-state index in [2.05, 4.69) is 5.32 Å². The molecule has 0 fully saturated rings. The lowest BCUT2D eigenvalue weighted by atomic mass is 10.1. The van der Waals surface area contributed by atoms with Crippen molar-refractivity contribution in [3.05, 3.63) is 88.9 Å². The predicted octanol–water partition coefficient (Wildman–Crippen LogP) is 5.70. The highest BCUT2D eigenvalue weighted by atomic mass is 35.5. The molecule has 3 aromatic rings. The first-order chi connectivity index (χ1) is 17.5. The molecule has 0 aromatic heterocycles. The summed E-state index contributed by atoms with van der Waals surface area (Å²) in [5.41, 5.74) is -0.498. The van der Waals surface area contributed by atoms with Crippen LogP contribution in [0, 0.1) is 0 Å². The average Bonchev–Trinajstić information content (AvgIpc) is 2.86. The number of amides is 1. The molecule has 3 aromatic carbocycles. The summed E-state index contributed by atoms with van der Waals surface area (Å²) in [6.07, 6.45) is -3.52. The van der Waals surface area contributed by atoms with Gasteiger partial charge in [0, 0.05) is 6.54 Å². The van der Waals surface area contributed by atoms with Crippen molar-refractivity contribution in [3.63, 3.8) is 0 Å². The molecule has 0 aliphatic rings. The van der Waals surface area contributed by atoms with Crippen LogP contribution in [0.4, 0.5) is 18.9 Å². The van der Waals surface area contributed by atoms with E-state index in [1.54, 1.807) is 6.07 Å². The lowest BCUT2D eigenvalue weighted by molar-refractivity contribution is -0.137. The third-order valence-electron chi connectivity index (χ3n) is 5.36. The van der Waals surface area contributed by atoms with Crippen molar-refractivity contribution in [2.24, 2.45) is 0 Å². The molecule has 37 heavy (non-hydrogen) atoms. The molecule has 0 bridgehead atoms. The minimum atomic E-state index is -4.73. The van der Waals surface area contributed by atoms with Gasteiger partial charge in [-0.2, -0.15) is 13.2 Å².